The number of benzene rings is 2. The second kappa shape index (κ2) is 9.58. The molecule has 5 heteroatoms. The highest BCUT2D eigenvalue weighted by atomic mass is 16.5. The van der Waals surface area contributed by atoms with Crippen molar-refractivity contribution < 1.29 is 14.3 Å². The lowest BCUT2D eigenvalue weighted by Crippen LogP contribution is -2.47. The highest BCUT2D eigenvalue weighted by molar-refractivity contribution is 5.88. The standard InChI is InChI=1S/C23H30N2O3/c1-17(2)23(27)25-14-12-19(13-15-25)24-22(26)11-6-16-28-21-10-5-8-18-7-3-4-9-20(18)21/h3-5,7-10,17,19H,6,11-16H2,1-2H3,(H,24,26). The van der Waals surface area contributed by atoms with Gasteiger partial charge in [-0.15, -0.1) is 0 Å². The van der Waals surface area contributed by atoms with E-state index in [4.69, 9.17) is 4.74 Å². The molecule has 5 nitrogen and oxygen atoms in total. The van der Waals surface area contributed by atoms with E-state index < -0.39 is 0 Å². The van der Waals surface area contributed by atoms with Crippen molar-refractivity contribution >= 4 is 22.6 Å². The Morgan fingerprint density at radius 1 is 1.11 bits per heavy atom. The Hall–Kier alpha value is -2.56. The van der Waals surface area contributed by atoms with Crippen molar-refractivity contribution in [2.45, 2.75) is 45.6 Å². The second-order valence-electron chi connectivity index (χ2n) is 7.75. The summed E-state index contributed by atoms with van der Waals surface area (Å²) in [6.45, 7) is 5.83. The van der Waals surface area contributed by atoms with E-state index in [9.17, 15) is 9.59 Å². The van der Waals surface area contributed by atoms with E-state index >= 15 is 0 Å². The van der Waals surface area contributed by atoms with Crippen LogP contribution in [-0.2, 0) is 9.59 Å². The molecule has 2 aromatic rings. The van der Waals surface area contributed by atoms with E-state index in [1.54, 1.807) is 0 Å². The smallest absolute Gasteiger partial charge is 0.225 e. The molecule has 3 rings (SSSR count). The van der Waals surface area contributed by atoms with Gasteiger partial charge in [-0.1, -0.05) is 50.2 Å². The summed E-state index contributed by atoms with van der Waals surface area (Å²) in [5.74, 6) is 1.17. The third-order valence-electron chi connectivity index (χ3n) is 5.22. The third kappa shape index (κ3) is 5.24. The minimum absolute atomic E-state index is 0.0351. The Kier molecular flexibility index (Phi) is 6.90. The van der Waals surface area contributed by atoms with Crippen LogP contribution in [0.5, 0.6) is 5.75 Å². The summed E-state index contributed by atoms with van der Waals surface area (Å²) < 4.78 is 5.90. The summed E-state index contributed by atoms with van der Waals surface area (Å²) >= 11 is 0. The molecular weight excluding hydrogens is 352 g/mol. The van der Waals surface area contributed by atoms with Gasteiger partial charge in [-0.3, -0.25) is 9.59 Å². The predicted octanol–water partition coefficient (Wildman–Crippen LogP) is 3.76. The average Bonchev–Trinajstić information content (AvgIpc) is 2.71. The molecule has 0 radical (unpaired) electrons. The van der Waals surface area contributed by atoms with E-state index in [0.29, 0.717) is 19.4 Å². The largest absolute Gasteiger partial charge is 0.493 e. The van der Waals surface area contributed by atoms with Crippen molar-refractivity contribution in [2.75, 3.05) is 19.7 Å². The van der Waals surface area contributed by atoms with Crippen LogP contribution in [-0.4, -0.2) is 42.5 Å². The lowest BCUT2D eigenvalue weighted by Gasteiger charge is -2.33. The molecule has 0 saturated carbocycles. The second-order valence-corrected chi connectivity index (χ2v) is 7.75. The van der Waals surface area contributed by atoms with Gasteiger partial charge < -0.3 is 15.0 Å². The molecule has 1 fully saturated rings. The van der Waals surface area contributed by atoms with Crippen LogP contribution in [0.2, 0.25) is 0 Å². The number of carbonyl (C=O) groups excluding carboxylic acids is 2. The minimum atomic E-state index is 0.0351. The third-order valence-corrected chi connectivity index (χ3v) is 5.22. The molecular formula is C23H30N2O3. The van der Waals surface area contributed by atoms with E-state index in [1.807, 2.05) is 49.1 Å². The highest BCUT2D eigenvalue weighted by Crippen LogP contribution is 2.25. The zero-order valence-corrected chi connectivity index (χ0v) is 16.8. The van der Waals surface area contributed by atoms with Gasteiger partial charge in [0.2, 0.25) is 11.8 Å². The first-order chi connectivity index (χ1) is 13.5. The maximum atomic E-state index is 12.2. The number of fused-ring (bicyclic) bond motifs is 1. The number of hydrogen-bond donors (Lipinski definition) is 1. The fourth-order valence-electron chi connectivity index (χ4n) is 3.65. The molecule has 2 aromatic carbocycles. The number of ether oxygens (including phenoxy) is 1. The van der Waals surface area contributed by atoms with Crippen LogP contribution in [0.3, 0.4) is 0 Å². The molecule has 1 aliphatic heterocycles. The Morgan fingerprint density at radius 2 is 1.82 bits per heavy atom. The summed E-state index contributed by atoms with van der Waals surface area (Å²) in [4.78, 5) is 26.1. The van der Waals surface area contributed by atoms with Crippen LogP contribution in [0.15, 0.2) is 42.5 Å². The normalized spacial score (nSPS) is 15.0. The molecule has 0 aromatic heterocycles. The van der Waals surface area contributed by atoms with Crippen LogP contribution >= 0.6 is 0 Å². The number of likely N-dealkylation sites (tertiary alicyclic amines) is 1. The molecule has 150 valence electrons. The molecule has 0 bridgehead atoms. The van der Waals surface area contributed by atoms with Crippen molar-refractivity contribution in [2.24, 2.45) is 5.92 Å². The zero-order chi connectivity index (χ0) is 19.9. The number of rotatable bonds is 7. The highest BCUT2D eigenvalue weighted by Gasteiger charge is 2.24. The SMILES string of the molecule is CC(C)C(=O)N1CCC(NC(=O)CCCOc2cccc3ccccc23)CC1. The summed E-state index contributed by atoms with van der Waals surface area (Å²) in [5.41, 5.74) is 0. The molecule has 2 amide bonds. The fraction of sp³-hybridized carbons (Fsp3) is 0.478. The maximum absolute atomic E-state index is 12.2. The van der Waals surface area contributed by atoms with E-state index in [-0.39, 0.29) is 23.8 Å². The lowest BCUT2D eigenvalue weighted by molar-refractivity contribution is -0.135. The van der Waals surface area contributed by atoms with Crippen molar-refractivity contribution in [3.05, 3.63) is 42.5 Å². The van der Waals surface area contributed by atoms with Crippen LogP contribution in [0.4, 0.5) is 0 Å². The number of hydrogen-bond acceptors (Lipinski definition) is 3. The molecule has 0 aliphatic carbocycles. The summed E-state index contributed by atoms with van der Waals surface area (Å²) in [7, 11) is 0. The van der Waals surface area contributed by atoms with Gasteiger partial charge in [-0.25, -0.2) is 0 Å². The number of nitrogens with one attached hydrogen (secondary N) is 1. The monoisotopic (exact) mass is 382 g/mol. The number of piperidine rings is 1. The van der Waals surface area contributed by atoms with Gasteiger partial charge in [0.1, 0.15) is 5.75 Å². The van der Waals surface area contributed by atoms with Gasteiger partial charge in [0.05, 0.1) is 6.61 Å². The molecule has 1 aliphatic rings. The van der Waals surface area contributed by atoms with Crippen molar-refractivity contribution in [1.82, 2.24) is 10.2 Å². The van der Waals surface area contributed by atoms with Crippen molar-refractivity contribution in [3.8, 4) is 5.75 Å². The zero-order valence-electron chi connectivity index (χ0n) is 16.8. The van der Waals surface area contributed by atoms with Gasteiger partial charge in [-0.05, 0) is 30.7 Å². The van der Waals surface area contributed by atoms with Gasteiger partial charge in [0, 0.05) is 36.9 Å². The first kappa shape index (κ1) is 20.2. The Labute approximate surface area is 167 Å². The van der Waals surface area contributed by atoms with Crippen LogP contribution in [0.25, 0.3) is 10.8 Å². The maximum Gasteiger partial charge on any atom is 0.225 e. The molecule has 1 N–H and O–H groups in total. The van der Waals surface area contributed by atoms with Crippen LogP contribution in [0, 0.1) is 5.92 Å². The Morgan fingerprint density at radius 3 is 2.57 bits per heavy atom. The Bertz CT molecular complexity index is 805. The molecule has 28 heavy (non-hydrogen) atoms. The summed E-state index contributed by atoms with van der Waals surface area (Å²) in [5, 5.41) is 5.35. The van der Waals surface area contributed by atoms with Crippen molar-refractivity contribution in [1.29, 1.82) is 0 Å². The van der Waals surface area contributed by atoms with E-state index in [1.165, 1.54) is 0 Å². The first-order valence-electron chi connectivity index (χ1n) is 10.2. The predicted molar refractivity (Wildman–Crippen MR) is 111 cm³/mol. The number of amides is 2. The Balaban J connectivity index is 1.37. The number of nitrogens with zero attached hydrogens (tertiary/aromatic N) is 1. The van der Waals surface area contributed by atoms with Crippen LogP contribution < -0.4 is 10.1 Å². The van der Waals surface area contributed by atoms with Gasteiger partial charge in [-0.2, -0.15) is 0 Å². The van der Waals surface area contributed by atoms with Crippen LogP contribution in [0.1, 0.15) is 39.5 Å². The van der Waals surface area contributed by atoms with E-state index in [0.717, 1.165) is 42.5 Å². The summed E-state index contributed by atoms with van der Waals surface area (Å²) in [6, 6.07) is 14.3. The lowest BCUT2D eigenvalue weighted by atomic mass is 10.0. The van der Waals surface area contributed by atoms with Gasteiger partial charge in [0.25, 0.3) is 0 Å². The number of carbonyl (C=O) groups is 2. The summed E-state index contributed by atoms with van der Waals surface area (Å²) in [6.07, 6.45) is 2.79. The average molecular weight is 383 g/mol. The molecule has 0 unspecified atom stereocenters. The first-order valence-corrected chi connectivity index (χ1v) is 10.2. The molecule has 0 spiro atoms. The molecule has 1 heterocycles. The van der Waals surface area contributed by atoms with Crippen molar-refractivity contribution in [3.63, 3.8) is 0 Å². The van der Waals surface area contributed by atoms with Gasteiger partial charge >= 0.3 is 0 Å². The molecule has 1 saturated heterocycles. The van der Waals surface area contributed by atoms with E-state index in [2.05, 4.69) is 17.4 Å². The fourth-order valence-corrected chi connectivity index (χ4v) is 3.65. The van der Waals surface area contributed by atoms with Gasteiger partial charge in [0.15, 0.2) is 0 Å². The molecule has 0 atom stereocenters. The minimum Gasteiger partial charge on any atom is -0.493 e. The quantitative estimate of drug-likeness (QED) is 0.742. The topological polar surface area (TPSA) is 58.6 Å².